The van der Waals surface area contributed by atoms with Crippen LogP contribution in [-0.4, -0.2) is 30.7 Å². The molecular formula is C26H27N3O3S. The second kappa shape index (κ2) is 12.5. The molecule has 3 aromatic carbocycles. The van der Waals surface area contributed by atoms with E-state index in [2.05, 4.69) is 28.0 Å². The molecule has 2 amide bonds. The van der Waals surface area contributed by atoms with Crippen molar-refractivity contribution < 1.29 is 14.3 Å². The summed E-state index contributed by atoms with van der Waals surface area (Å²) < 4.78 is 5.45. The molecule has 0 aliphatic carbocycles. The third kappa shape index (κ3) is 8.46. The maximum Gasteiger partial charge on any atom is 0.271 e. The molecule has 2 N–H and O–H groups in total. The topological polar surface area (TPSA) is 79.8 Å². The van der Waals surface area contributed by atoms with Crippen LogP contribution in [0.1, 0.15) is 35.3 Å². The number of hydrogen-bond acceptors (Lipinski definition) is 5. The van der Waals surface area contributed by atoms with Crippen molar-refractivity contribution in [1.29, 1.82) is 0 Å². The largest absolute Gasteiger partial charge is 0.484 e. The first kappa shape index (κ1) is 24.1. The van der Waals surface area contributed by atoms with Gasteiger partial charge in [0.2, 0.25) is 0 Å². The van der Waals surface area contributed by atoms with Gasteiger partial charge in [0.15, 0.2) is 6.61 Å². The van der Waals surface area contributed by atoms with Crippen molar-refractivity contribution in [3.05, 3.63) is 95.6 Å². The fourth-order valence-electron chi connectivity index (χ4n) is 2.83. The summed E-state index contributed by atoms with van der Waals surface area (Å²) in [6.45, 7) is 3.75. The molecule has 170 valence electrons. The third-order valence-electron chi connectivity index (χ3n) is 4.44. The molecule has 0 radical (unpaired) electrons. The van der Waals surface area contributed by atoms with Gasteiger partial charge in [-0.25, -0.2) is 5.43 Å². The van der Waals surface area contributed by atoms with Crippen LogP contribution in [0.5, 0.6) is 5.75 Å². The van der Waals surface area contributed by atoms with Gasteiger partial charge >= 0.3 is 0 Å². The van der Waals surface area contributed by atoms with Gasteiger partial charge in [0.25, 0.3) is 11.8 Å². The lowest BCUT2D eigenvalue weighted by molar-refractivity contribution is -0.123. The first-order valence-corrected chi connectivity index (χ1v) is 11.6. The van der Waals surface area contributed by atoms with Gasteiger partial charge in [0.1, 0.15) is 5.75 Å². The maximum atomic E-state index is 12.3. The molecule has 0 spiro atoms. The summed E-state index contributed by atoms with van der Waals surface area (Å²) in [6.07, 6.45) is 1.55. The summed E-state index contributed by atoms with van der Waals surface area (Å²) in [5.41, 5.74) is 5.02. The number of rotatable bonds is 10. The van der Waals surface area contributed by atoms with Gasteiger partial charge in [0.05, 0.1) is 6.21 Å². The fraction of sp³-hybridized carbons (Fsp3) is 0.192. The number of carbonyl (C=O) groups excluding carboxylic acids is 2. The predicted octanol–water partition coefficient (Wildman–Crippen LogP) is 4.65. The number of hydrazone groups is 1. The molecule has 7 heteroatoms. The van der Waals surface area contributed by atoms with Crippen molar-refractivity contribution in [3.8, 4) is 5.75 Å². The Morgan fingerprint density at radius 1 is 0.970 bits per heavy atom. The zero-order valence-corrected chi connectivity index (χ0v) is 19.5. The summed E-state index contributed by atoms with van der Waals surface area (Å²) in [5, 5.41) is 6.79. The van der Waals surface area contributed by atoms with Crippen molar-refractivity contribution in [2.45, 2.75) is 30.5 Å². The number of nitrogens with one attached hydrogen (secondary N) is 2. The Hall–Kier alpha value is -3.58. The molecule has 0 saturated carbocycles. The van der Waals surface area contributed by atoms with Crippen molar-refractivity contribution >= 4 is 29.8 Å². The van der Waals surface area contributed by atoms with Gasteiger partial charge < -0.3 is 10.1 Å². The number of thioether (sulfide) groups is 1. The Balaban J connectivity index is 1.44. The molecular weight excluding hydrogens is 434 g/mol. The van der Waals surface area contributed by atoms with E-state index in [1.165, 1.54) is 4.90 Å². The van der Waals surface area contributed by atoms with E-state index in [0.29, 0.717) is 11.3 Å². The van der Waals surface area contributed by atoms with Crippen molar-refractivity contribution in [3.63, 3.8) is 0 Å². The lowest BCUT2D eigenvalue weighted by Gasteiger charge is -2.09. The van der Waals surface area contributed by atoms with Crippen LogP contribution in [-0.2, 0) is 10.5 Å². The fourth-order valence-corrected chi connectivity index (χ4v) is 3.70. The molecule has 0 aliphatic heterocycles. The Labute approximate surface area is 198 Å². The Morgan fingerprint density at radius 3 is 2.33 bits per heavy atom. The number of benzene rings is 3. The van der Waals surface area contributed by atoms with E-state index in [0.717, 1.165) is 16.9 Å². The molecule has 3 rings (SSSR count). The van der Waals surface area contributed by atoms with E-state index in [1.54, 1.807) is 54.4 Å². The normalized spacial score (nSPS) is 10.9. The molecule has 6 nitrogen and oxygen atoms in total. The Kier molecular flexibility index (Phi) is 9.08. The van der Waals surface area contributed by atoms with Gasteiger partial charge in [-0.3, -0.25) is 9.59 Å². The van der Waals surface area contributed by atoms with Crippen LogP contribution in [0.2, 0.25) is 0 Å². The highest BCUT2D eigenvalue weighted by Crippen LogP contribution is 2.22. The maximum absolute atomic E-state index is 12.3. The second-order valence-corrected chi connectivity index (χ2v) is 8.63. The summed E-state index contributed by atoms with van der Waals surface area (Å²) in [7, 11) is 0. The molecule has 0 fully saturated rings. The minimum absolute atomic E-state index is 0.0363. The molecule has 0 bridgehead atoms. The lowest BCUT2D eigenvalue weighted by atomic mass is 10.1. The van der Waals surface area contributed by atoms with Crippen molar-refractivity contribution in [1.82, 2.24) is 10.7 Å². The molecule has 0 aromatic heterocycles. The average Bonchev–Trinajstić information content (AvgIpc) is 2.83. The third-order valence-corrected chi connectivity index (χ3v) is 5.53. The first-order chi connectivity index (χ1) is 16.0. The van der Waals surface area contributed by atoms with Gasteiger partial charge in [-0.1, -0.05) is 30.3 Å². The molecule has 33 heavy (non-hydrogen) atoms. The van der Waals surface area contributed by atoms with E-state index < -0.39 is 0 Å². The standard InChI is InChI=1S/C26H27N3O3S/c1-19(2)28-25(30)17-32-23-14-10-20(11-15-23)16-27-29-26(31)22-12-8-21(9-13-22)18-33-24-6-4-3-5-7-24/h3-16,19H,17-18H2,1-2H3,(H,28,30)(H,29,31)/b27-16-. The minimum Gasteiger partial charge on any atom is -0.484 e. The number of hydrogen-bond donors (Lipinski definition) is 2. The number of nitrogens with zero attached hydrogens (tertiary/aromatic N) is 1. The van der Waals surface area contributed by atoms with Crippen molar-refractivity contribution in [2.75, 3.05) is 6.61 Å². The summed E-state index contributed by atoms with van der Waals surface area (Å²) >= 11 is 1.75. The van der Waals surface area contributed by atoms with E-state index in [4.69, 9.17) is 4.74 Å². The van der Waals surface area contributed by atoms with E-state index >= 15 is 0 Å². The van der Waals surface area contributed by atoms with E-state index in [1.807, 2.05) is 44.2 Å². The minimum atomic E-state index is -0.273. The molecule has 3 aromatic rings. The summed E-state index contributed by atoms with van der Waals surface area (Å²) in [5.74, 6) is 0.984. The number of amides is 2. The predicted molar refractivity (Wildman–Crippen MR) is 133 cm³/mol. The number of carbonyl (C=O) groups is 2. The smallest absolute Gasteiger partial charge is 0.271 e. The van der Waals surface area contributed by atoms with Gasteiger partial charge in [-0.05, 0) is 73.5 Å². The monoisotopic (exact) mass is 461 g/mol. The van der Waals surface area contributed by atoms with Crippen LogP contribution in [0.3, 0.4) is 0 Å². The van der Waals surface area contributed by atoms with Crippen LogP contribution in [0.15, 0.2) is 88.9 Å². The molecule has 0 aliphatic rings. The summed E-state index contributed by atoms with van der Waals surface area (Å²) in [4.78, 5) is 25.2. The number of ether oxygens (including phenoxy) is 1. The van der Waals surface area contributed by atoms with Crippen molar-refractivity contribution in [2.24, 2.45) is 5.10 Å². The van der Waals surface area contributed by atoms with E-state index in [9.17, 15) is 9.59 Å². The van der Waals surface area contributed by atoms with Crippen LogP contribution in [0.4, 0.5) is 0 Å². The van der Waals surface area contributed by atoms with E-state index in [-0.39, 0.29) is 24.5 Å². The first-order valence-electron chi connectivity index (χ1n) is 10.6. The highest BCUT2D eigenvalue weighted by Gasteiger charge is 2.05. The zero-order valence-electron chi connectivity index (χ0n) is 18.7. The molecule has 0 unspecified atom stereocenters. The van der Waals surface area contributed by atoms with Crippen LogP contribution in [0.25, 0.3) is 0 Å². The van der Waals surface area contributed by atoms with Crippen LogP contribution in [0, 0.1) is 0 Å². The quantitative estimate of drug-likeness (QED) is 0.262. The lowest BCUT2D eigenvalue weighted by Crippen LogP contribution is -2.34. The molecule has 0 atom stereocenters. The molecule has 0 heterocycles. The summed E-state index contributed by atoms with van der Waals surface area (Å²) in [6, 6.07) is 24.9. The zero-order chi connectivity index (χ0) is 23.5. The van der Waals surface area contributed by atoms with Gasteiger partial charge in [-0.15, -0.1) is 11.8 Å². The Morgan fingerprint density at radius 2 is 1.67 bits per heavy atom. The van der Waals surface area contributed by atoms with Crippen LogP contribution >= 0.6 is 11.8 Å². The van der Waals surface area contributed by atoms with Gasteiger partial charge in [-0.2, -0.15) is 5.10 Å². The highest BCUT2D eigenvalue weighted by molar-refractivity contribution is 7.98. The van der Waals surface area contributed by atoms with Gasteiger partial charge in [0, 0.05) is 22.3 Å². The molecule has 0 saturated heterocycles. The highest BCUT2D eigenvalue weighted by atomic mass is 32.2. The Bertz CT molecular complexity index is 1070. The SMILES string of the molecule is CC(C)NC(=O)COc1ccc(/C=N\NC(=O)c2ccc(CSc3ccccc3)cc2)cc1. The average molecular weight is 462 g/mol. The second-order valence-electron chi connectivity index (χ2n) is 7.58. The van der Waals surface area contributed by atoms with Crippen LogP contribution < -0.4 is 15.5 Å².